The second-order valence-corrected chi connectivity index (χ2v) is 4.84. The first-order chi connectivity index (χ1) is 7.49. The van der Waals surface area contributed by atoms with Gasteiger partial charge in [-0.1, -0.05) is 0 Å². The number of aliphatic carboxylic acids is 1. The van der Waals surface area contributed by atoms with Crippen molar-refractivity contribution in [2.75, 3.05) is 53.9 Å². The summed E-state index contributed by atoms with van der Waals surface area (Å²) in [6.07, 6.45) is 0.245. The fourth-order valence-electron chi connectivity index (χ4n) is 1.98. The van der Waals surface area contributed by atoms with E-state index in [0.717, 1.165) is 32.7 Å². The molecule has 5 heteroatoms. The molecule has 1 aliphatic heterocycles. The highest BCUT2D eigenvalue weighted by atomic mass is 16.4. The van der Waals surface area contributed by atoms with E-state index in [1.165, 1.54) is 0 Å². The first kappa shape index (κ1) is 13.4. The highest BCUT2D eigenvalue weighted by Crippen LogP contribution is 2.10. The zero-order valence-electron chi connectivity index (χ0n) is 10.5. The molecule has 1 N–H and O–H groups in total. The molecule has 1 unspecified atom stereocenters. The minimum atomic E-state index is -0.702. The molecule has 0 aromatic rings. The molecule has 1 rings (SSSR count). The molecule has 0 radical (unpaired) electrons. The molecular weight excluding hydrogens is 206 g/mol. The molecule has 1 saturated heterocycles. The summed E-state index contributed by atoms with van der Waals surface area (Å²) in [5.74, 6) is -0.702. The molecule has 1 aliphatic rings. The molecule has 0 bridgehead atoms. The lowest BCUT2D eigenvalue weighted by atomic mass is 10.1. The van der Waals surface area contributed by atoms with Crippen molar-refractivity contribution in [3.05, 3.63) is 0 Å². The van der Waals surface area contributed by atoms with E-state index in [1.54, 1.807) is 0 Å². The van der Waals surface area contributed by atoms with Crippen LogP contribution in [-0.2, 0) is 4.79 Å². The molecule has 1 atom stereocenters. The molecule has 0 aliphatic carbocycles. The molecule has 0 amide bonds. The maximum Gasteiger partial charge on any atom is 0.304 e. The summed E-state index contributed by atoms with van der Waals surface area (Å²) in [4.78, 5) is 17.4. The highest BCUT2D eigenvalue weighted by molar-refractivity contribution is 5.67. The molecule has 0 spiro atoms. The summed E-state index contributed by atoms with van der Waals surface area (Å²) in [6.45, 7) is 4.93. The van der Waals surface area contributed by atoms with Crippen LogP contribution in [0.25, 0.3) is 0 Å². The fraction of sp³-hybridized carbons (Fsp3) is 0.909. The first-order valence-corrected chi connectivity index (χ1v) is 5.78. The Morgan fingerprint density at radius 3 is 2.69 bits per heavy atom. The largest absolute Gasteiger partial charge is 0.481 e. The second-order valence-electron chi connectivity index (χ2n) is 4.84. The van der Waals surface area contributed by atoms with Gasteiger partial charge < -0.3 is 14.9 Å². The van der Waals surface area contributed by atoms with Gasteiger partial charge in [-0.15, -0.1) is 0 Å². The lowest BCUT2D eigenvalue weighted by Gasteiger charge is -2.39. The Bertz CT molecular complexity index is 233. The SMILES string of the molecule is CN(C)CCN1CCN(C)C(CC(=O)O)C1. The van der Waals surface area contributed by atoms with E-state index in [-0.39, 0.29) is 12.5 Å². The highest BCUT2D eigenvalue weighted by Gasteiger charge is 2.25. The molecule has 1 fully saturated rings. The quantitative estimate of drug-likeness (QED) is 0.697. The number of carboxylic acids is 1. The normalized spacial score (nSPS) is 23.9. The van der Waals surface area contributed by atoms with E-state index in [1.807, 2.05) is 7.05 Å². The zero-order chi connectivity index (χ0) is 12.1. The predicted octanol–water partition coefficient (Wildman–Crippen LogP) is -0.361. The van der Waals surface area contributed by atoms with Crippen molar-refractivity contribution in [1.29, 1.82) is 0 Å². The average Bonchev–Trinajstić information content (AvgIpc) is 2.18. The maximum absolute atomic E-state index is 10.7. The molecule has 0 saturated carbocycles. The number of carboxylic acid groups (broad SMARTS) is 1. The Hall–Kier alpha value is -0.650. The van der Waals surface area contributed by atoms with E-state index in [4.69, 9.17) is 5.11 Å². The van der Waals surface area contributed by atoms with E-state index in [9.17, 15) is 4.79 Å². The van der Waals surface area contributed by atoms with Crippen molar-refractivity contribution < 1.29 is 9.90 Å². The van der Waals surface area contributed by atoms with Crippen molar-refractivity contribution in [2.45, 2.75) is 12.5 Å². The molecule has 0 aromatic carbocycles. The lowest BCUT2D eigenvalue weighted by Crippen LogP contribution is -2.53. The van der Waals surface area contributed by atoms with Gasteiger partial charge in [0.15, 0.2) is 0 Å². The summed E-state index contributed by atoms with van der Waals surface area (Å²) in [6, 6.07) is 0.161. The van der Waals surface area contributed by atoms with Crippen LogP contribution in [0.3, 0.4) is 0 Å². The standard InChI is InChI=1S/C11H23N3O2/c1-12(2)4-6-14-7-5-13(3)10(9-14)8-11(15)16/h10H,4-9H2,1-3H3,(H,15,16). The van der Waals surface area contributed by atoms with Crippen LogP contribution in [0.4, 0.5) is 0 Å². The van der Waals surface area contributed by atoms with Crippen molar-refractivity contribution in [2.24, 2.45) is 0 Å². The van der Waals surface area contributed by atoms with Crippen LogP contribution in [-0.4, -0.2) is 85.7 Å². The van der Waals surface area contributed by atoms with Gasteiger partial charge in [-0.25, -0.2) is 0 Å². The van der Waals surface area contributed by atoms with Crippen molar-refractivity contribution in [3.8, 4) is 0 Å². The Labute approximate surface area is 97.6 Å². The smallest absolute Gasteiger partial charge is 0.304 e. The van der Waals surface area contributed by atoms with Crippen LogP contribution in [0, 0.1) is 0 Å². The van der Waals surface area contributed by atoms with E-state index >= 15 is 0 Å². The summed E-state index contributed by atoms with van der Waals surface area (Å²) in [7, 11) is 6.13. The fourth-order valence-corrected chi connectivity index (χ4v) is 1.98. The van der Waals surface area contributed by atoms with Crippen LogP contribution < -0.4 is 0 Å². The third kappa shape index (κ3) is 4.47. The monoisotopic (exact) mass is 229 g/mol. The zero-order valence-corrected chi connectivity index (χ0v) is 10.5. The van der Waals surface area contributed by atoms with Crippen LogP contribution >= 0.6 is 0 Å². The lowest BCUT2D eigenvalue weighted by molar-refractivity contribution is -0.138. The van der Waals surface area contributed by atoms with Gasteiger partial charge in [-0.3, -0.25) is 9.69 Å². The van der Waals surface area contributed by atoms with Crippen LogP contribution in [0.15, 0.2) is 0 Å². The summed E-state index contributed by atoms with van der Waals surface area (Å²) in [5.41, 5.74) is 0. The number of hydrogen-bond acceptors (Lipinski definition) is 4. The van der Waals surface area contributed by atoms with Gasteiger partial charge in [0.05, 0.1) is 6.42 Å². The Kier molecular flexibility index (Phi) is 5.18. The molecule has 94 valence electrons. The van der Waals surface area contributed by atoms with Crippen molar-refractivity contribution in [3.63, 3.8) is 0 Å². The van der Waals surface area contributed by atoms with Crippen LogP contribution in [0.2, 0.25) is 0 Å². The van der Waals surface area contributed by atoms with Gasteiger partial charge in [-0.2, -0.15) is 0 Å². The molecule has 1 heterocycles. The van der Waals surface area contributed by atoms with E-state index < -0.39 is 5.97 Å². The van der Waals surface area contributed by atoms with Gasteiger partial charge in [0, 0.05) is 38.8 Å². The third-order valence-electron chi connectivity index (χ3n) is 3.13. The third-order valence-corrected chi connectivity index (χ3v) is 3.13. The number of carbonyl (C=O) groups is 1. The van der Waals surface area contributed by atoms with Crippen molar-refractivity contribution in [1.82, 2.24) is 14.7 Å². The second kappa shape index (κ2) is 6.18. The minimum absolute atomic E-state index is 0.161. The number of likely N-dealkylation sites (N-methyl/N-ethyl adjacent to an activating group) is 2. The summed E-state index contributed by atoms with van der Waals surface area (Å²) < 4.78 is 0. The van der Waals surface area contributed by atoms with Gasteiger partial charge >= 0.3 is 5.97 Å². The van der Waals surface area contributed by atoms with Gasteiger partial charge in [0.1, 0.15) is 0 Å². The van der Waals surface area contributed by atoms with Crippen molar-refractivity contribution >= 4 is 5.97 Å². The first-order valence-electron chi connectivity index (χ1n) is 5.78. The molecule has 0 aromatic heterocycles. The van der Waals surface area contributed by atoms with Gasteiger partial charge in [0.25, 0.3) is 0 Å². The Morgan fingerprint density at radius 2 is 2.12 bits per heavy atom. The van der Waals surface area contributed by atoms with Gasteiger partial charge in [0.2, 0.25) is 0 Å². The molecular formula is C11H23N3O2. The van der Waals surface area contributed by atoms with E-state index in [0.29, 0.717) is 0 Å². The van der Waals surface area contributed by atoms with E-state index in [2.05, 4.69) is 28.8 Å². The number of hydrogen-bond donors (Lipinski definition) is 1. The Morgan fingerprint density at radius 1 is 1.44 bits per heavy atom. The summed E-state index contributed by atoms with van der Waals surface area (Å²) >= 11 is 0. The predicted molar refractivity (Wildman–Crippen MR) is 63.7 cm³/mol. The average molecular weight is 229 g/mol. The topological polar surface area (TPSA) is 47.0 Å². The van der Waals surface area contributed by atoms with Crippen LogP contribution in [0.5, 0.6) is 0 Å². The molecule has 5 nitrogen and oxygen atoms in total. The maximum atomic E-state index is 10.7. The van der Waals surface area contributed by atoms with Gasteiger partial charge in [-0.05, 0) is 21.1 Å². The number of nitrogens with zero attached hydrogens (tertiary/aromatic N) is 3. The molecule has 16 heavy (non-hydrogen) atoms. The minimum Gasteiger partial charge on any atom is -0.481 e. The number of piperazine rings is 1. The summed E-state index contributed by atoms with van der Waals surface area (Å²) in [5, 5.41) is 8.83. The van der Waals surface area contributed by atoms with Crippen LogP contribution in [0.1, 0.15) is 6.42 Å². The number of rotatable bonds is 5. The Balaban J connectivity index is 2.37.